The van der Waals surface area contributed by atoms with Gasteiger partial charge in [0.2, 0.25) is 0 Å². The van der Waals surface area contributed by atoms with Crippen molar-refractivity contribution in [1.29, 1.82) is 0 Å². The summed E-state index contributed by atoms with van der Waals surface area (Å²) in [5, 5.41) is 6.84. The van der Waals surface area contributed by atoms with Crippen LogP contribution in [-0.2, 0) is 13.0 Å². The SMILES string of the molecule is CCCCCc1cccc(COc2ccc(-c3ccn[nH]3)nc2)c1. The van der Waals surface area contributed by atoms with Crippen molar-refractivity contribution in [3.05, 3.63) is 66.0 Å². The lowest BCUT2D eigenvalue weighted by atomic mass is 10.0. The van der Waals surface area contributed by atoms with Crippen LogP contribution in [0.1, 0.15) is 37.3 Å². The zero-order chi connectivity index (χ0) is 16.6. The van der Waals surface area contributed by atoms with Crippen LogP contribution in [0.4, 0.5) is 0 Å². The molecule has 3 rings (SSSR count). The number of hydrogen-bond donors (Lipinski definition) is 1. The van der Waals surface area contributed by atoms with Crippen LogP contribution in [0.5, 0.6) is 5.75 Å². The summed E-state index contributed by atoms with van der Waals surface area (Å²) < 4.78 is 5.86. The maximum atomic E-state index is 5.86. The number of nitrogens with one attached hydrogen (secondary N) is 1. The highest BCUT2D eigenvalue weighted by atomic mass is 16.5. The summed E-state index contributed by atoms with van der Waals surface area (Å²) in [4.78, 5) is 4.40. The highest BCUT2D eigenvalue weighted by molar-refractivity contribution is 5.53. The first-order chi connectivity index (χ1) is 11.8. The first kappa shape index (κ1) is 16.2. The highest BCUT2D eigenvalue weighted by Gasteiger charge is 2.02. The molecule has 2 aromatic heterocycles. The van der Waals surface area contributed by atoms with Gasteiger partial charge in [-0.05, 0) is 42.2 Å². The molecule has 124 valence electrons. The van der Waals surface area contributed by atoms with Gasteiger partial charge in [0, 0.05) is 6.20 Å². The van der Waals surface area contributed by atoms with E-state index in [1.807, 2.05) is 18.2 Å². The lowest BCUT2D eigenvalue weighted by Crippen LogP contribution is -1.97. The molecule has 1 N–H and O–H groups in total. The largest absolute Gasteiger partial charge is 0.487 e. The molecule has 0 aliphatic carbocycles. The van der Waals surface area contributed by atoms with Crippen molar-refractivity contribution in [2.75, 3.05) is 0 Å². The monoisotopic (exact) mass is 321 g/mol. The molecule has 4 heteroatoms. The van der Waals surface area contributed by atoms with E-state index in [-0.39, 0.29) is 0 Å². The Balaban J connectivity index is 1.56. The van der Waals surface area contributed by atoms with Crippen molar-refractivity contribution in [3.8, 4) is 17.1 Å². The Labute approximate surface area is 142 Å². The molecule has 0 saturated heterocycles. The third-order valence-electron chi connectivity index (χ3n) is 3.98. The molecule has 0 spiro atoms. The van der Waals surface area contributed by atoms with Crippen LogP contribution < -0.4 is 4.74 Å². The standard InChI is InChI=1S/C20H23N3O/c1-2-3-4-6-16-7-5-8-17(13-16)15-24-18-9-10-19(21-14-18)20-11-12-22-23-20/h5,7-14H,2-4,6,15H2,1H3,(H,22,23). The molecule has 1 aromatic carbocycles. The van der Waals surface area contributed by atoms with E-state index in [2.05, 4.69) is 46.4 Å². The van der Waals surface area contributed by atoms with Crippen molar-refractivity contribution in [2.45, 2.75) is 39.2 Å². The number of aromatic nitrogens is 3. The van der Waals surface area contributed by atoms with E-state index in [9.17, 15) is 0 Å². The summed E-state index contributed by atoms with van der Waals surface area (Å²) in [7, 11) is 0. The smallest absolute Gasteiger partial charge is 0.138 e. The Hall–Kier alpha value is -2.62. The summed E-state index contributed by atoms with van der Waals surface area (Å²) >= 11 is 0. The molecular formula is C20H23N3O. The van der Waals surface area contributed by atoms with Gasteiger partial charge in [0.1, 0.15) is 12.4 Å². The third kappa shape index (κ3) is 4.44. The molecule has 0 aliphatic heterocycles. The molecule has 0 bridgehead atoms. The van der Waals surface area contributed by atoms with Gasteiger partial charge in [-0.1, -0.05) is 44.0 Å². The van der Waals surface area contributed by atoms with Crippen LogP contribution in [-0.4, -0.2) is 15.2 Å². The Morgan fingerprint density at radius 1 is 1.04 bits per heavy atom. The molecule has 0 amide bonds. The number of aryl methyl sites for hydroxylation is 1. The van der Waals surface area contributed by atoms with Gasteiger partial charge in [0.05, 0.1) is 17.6 Å². The molecular weight excluding hydrogens is 298 g/mol. The third-order valence-corrected chi connectivity index (χ3v) is 3.98. The van der Waals surface area contributed by atoms with E-state index >= 15 is 0 Å². The number of nitrogens with zero attached hydrogens (tertiary/aromatic N) is 2. The minimum atomic E-state index is 0.562. The van der Waals surface area contributed by atoms with Crippen LogP contribution >= 0.6 is 0 Å². The Morgan fingerprint density at radius 3 is 2.71 bits per heavy atom. The first-order valence-electron chi connectivity index (χ1n) is 8.51. The number of unbranched alkanes of at least 4 members (excludes halogenated alkanes) is 2. The quantitative estimate of drug-likeness (QED) is 0.607. The fourth-order valence-electron chi connectivity index (χ4n) is 2.64. The molecule has 0 radical (unpaired) electrons. The zero-order valence-corrected chi connectivity index (χ0v) is 14.0. The van der Waals surface area contributed by atoms with Crippen molar-refractivity contribution >= 4 is 0 Å². The number of benzene rings is 1. The van der Waals surface area contributed by atoms with Crippen LogP contribution in [0, 0.1) is 0 Å². The summed E-state index contributed by atoms with van der Waals surface area (Å²) in [6.07, 6.45) is 8.40. The van der Waals surface area contributed by atoms with Crippen molar-refractivity contribution in [2.24, 2.45) is 0 Å². The summed E-state index contributed by atoms with van der Waals surface area (Å²) in [6, 6.07) is 14.4. The predicted molar refractivity (Wildman–Crippen MR) is 95.8 cm³/mol. The topological polar surface area (TPSA) is 50.8 Å². The number of pyridine rings is 1. The van der Waals surface area contributed by atoms with Gasteiger partial charge in [-0.3, -0.25) is 10.1 Å². The highest BCUT2D eigenvalue weighted by Crippen LogP contribution is 2.18. The fourth-order valence-corrected chi connectivity index (χ4v) is 2.64. The Bertz CT molecular complexity index is 736. The second-order valence-corrected chi connectivity index (χ2v) is 5.92. The zero-order valence-electron chi connectivity index (χ0n) is 14.0. The van der Waals surface area contributed by atoms with Crippen LogP contribution in [0.2, 0.25) is 0 Å². The van der Waals surface area contributed by atoms with Gasteiger partial charge in [-0.2, -0.15) is 5.10 Å². The lowest BCUT2D eigenvalue weighted by Gasteiger charge is -2.08. The van der Waals surface area contributed by atoms with Gasteiger partial charge in [0.25, 0.3) is 0 Å². The number of aromatic amines is 1. The van der Waals surface area contributed by atoms with Crippen molar-refractivity contribution < 1.29 is 4.74 Å². The molecule has 0 aliphatic rings. The van der Waals surface area contributed by atoms with Gasteiger partial charge >= 0.3 is 0 Å². The normalized spacial score (nSPS) is 10.7. The number of H-pyrrole nitrogens is 1. The Kier molecular flexibility index (Phi) is 5.61. The Morgan fingerprint density at radius 2 is 1.96 bits per heavy atom. The number of ether oxygens (including phenoxy) is 1. The van der Waals surface area contributed by atoms with Crippen LogP contribution in [0.25, 0.3) is 11.4 Å². The molecule has 0 saturated carbocycles. The fraction of sp³-hybridized carbons (Fsp3) is 0.300. The molecule has 0 fully saturated rings. The van der Waals surface area contributed by atoms with Gasteiger partial charge in [0.15, 0.2) is 0 Å². The van der Waals surface area contributed by atoms with Gasteiger partial charge < -0.3 is 4.74 Å². The lowest BCUT2D eigenvalue weighted by molar-refractivity contribution is 0.305. The summed E-state index contributed by atoms with van der Waals surface area (Å²) in [6.45, 7) is 2.79. The van der Waals surface area contributed by atoms with Gasteiger partial charge in [-0.25, -0.2) is 0 Å². The number of hydrogen-bond acceptors (Lipinski definition) is 3. The van der Waals surface area contributed by atoms with E-state index in [0.29, 0.717) is 6.61 Å². The average Bonchev–Trinajstić information content (AvgIpc) is 3.16. The van der Waals surface area contributed by atoms with E-state index in [1.54, 1.807) is 12.4 Å². The molecule has 2 heterocycles. The van der Waals surface area contributed by atoms with E-state index in [4.69, 9.17) is 4.74 Å². The summed E-state index contributed by atoms with van der Waals surface area (Å²) in [5.74, 6) is 0.773. The molecule has 0 unspecified atom stereocenters. The summed E-state index contributed by atoms with van der Waals surface area (Å²) in [5.41, 5.74) is 4.35. The maximum Gasteiger partial charge on any atom is 0.138 e. The van der Waals surface area contributed by atoms with Gasteiger partial charge in [-0.15, -0.1) is 0 Å². The van der Waals surface area contributed by atoms with E-state index < -0.39 is 0 Å². The maximum absolute atomic E-state index is 5.86. The molecule has 0 atom stereocenters. The van der Waals surface area contributed by atoms with E-state index in [1.165, 1.54) is 30.4 Å². The van der Waals surface area contributed by atoms with Crippen LogP contribution in [0.3, 0.4) is 0 Å². The second-order valence-electron chi connectivity index (χ2n) is 5.92. The number of rotatable bonds is 8. The predicted octanol–water partition coefficient (Wildman–Crippen LogP) is 4.78. The van der Waals surface area contributed by atoms with Crippen LogP contribution in [0.15, 0.2) is 54.9 Å². The van der Waals surface area contributed by atoms with E-state index in [0.717, 1.165) is 23.6 Å². The molecule has 4 nitrogen and oxygen atoms in total. The molecule has 24 heavy (non-hydrogen) atoms. The second kappa shape index (κ2) is 8.29. The van der Waals surface area contributed by atoms with Crippen molar-refractivity contribution in [3.63, 3.8) is 0 Å². The minimum absolute atomic E-state index is 0.562. The minimum Gasteiger partial charge on any atom is -0.487 e. The average molecular weight is 321 g/mol. The van der Waals surface area contributed by atoms with Crippen molar-refractivity contribution in [1.82, 2.24) is 15.2 Å². The molecule has 3 aromatic rings. The first-order valence-corrected chi connectivity index (χ1v) is 8.51.